The van der Waals surface area contributed by atoms with Crippen LogP contribution in [0.3, 0.4) is 0 Å². The van der Waals surface area contributed by atoms with Crippen LogP contribution in [0.1, 0.15) is 52.6 Å². The monoisotopic (exact) mass is 363 g/mol. The molecule has 2 N–H and O–H groups in total. The van der Waals surface area contributed by atoms with E-state index in [0.29, 0.717) is 18.5 Å². The Morgan fingerprint density at radius 2 is 1.85 bits per heavy atom. The van der Waals surface area contributed by atoms with Crippen LogP contribution >= 0.6 is 0 Å². The minimum Gasteiger partial charge on any atom is -0.454 e. The van der Waals surface area contributed by atoms with Gasteiger partial charge in [-0.2, -0.15) is 0 Å². The molecule has 0 fully saturated rings. The second kappa shape index (κ2) is 9.67. The summed E-state index contributed by atoms with van der Waals surface area (Å²) in [6.45, 7) is 13.6. The highest BCUT2D eigenvalue weighted by Gasteiger charge is 2.20. The molecular formula is C20H33N3O3. The van der Waals surface area contributed by atoms with Crippen molar-refractivity contribution < 1.29 is 14.3 Å². The van der Waals surface area contributed by atoms with Crippen molar-refractivity contribution in [3.8, 4) is 11.5 Å². The Morgan fingerprint density at radius 1 is 1.15 bits per heavy atom. The molecule has 1 aromatic rings. The second-order valence-corrected chi connectivity index (χ2v) is 7.19. The number of urea groups is 1. The predicted octanol–water partition coefficient (Wildman–Crippen LogP) is 3.53. The summed E-state index contributed by atoms with van der Waals surface area (Å²) in [7, 11) is 0. The molecule has 0 spiro atoms. The van der Waals surface area contributed by atoms with Crippen LogP contribution in [-0.4, -0.2) is 43.4 Å². The van der Waals surface area contributed by atoms with Crippen molar-refractivity contribution in [1.29, 1.82) is 0 Å². The number of amides is 2. The SMILES string of the molecule is CCN(CC)C(CNC(=O)NC(C)c1ccc2c(c1)OCO2)CC(C)C. The van der Waals surface area contributed by atoms with Crippen molar-refractivity contribution in [2.45, 2.75) is 53.1 Å². The Morgan fingerprint density at radius 3 is 2.50 bits per heavy atom. The summed E-state index contributed by atoms with van der Waals surface area (Å²) >= 11 is 0. The van der Waals surface area contributed by atoms with Gasteiger partial charge in [0.05, 0.1) is 6.04 Å². The van der Waals surface area contributed by atoms with Crippen molar-refractivity contribution in [2.75, 3.05) is 26.4 Å². The van der Waals surface area contributed by atoms with Gasteiger partial charge in [-0.25, -0.2) is 4.79 Å². The smallest absolute Gasteiger partial charge is 0.315 e. The van der Waals surface area contributed by atoms with E-state index in [0.717, 1.165) is 36.6 Å². The molecule has 1 heterocycles. The van der Waals surface area contributed by atoms with Gasteiger partial charge in [-0.05, 0) is 50.0 Å². The van der Waals surface area contributed by atoms with Crippen LogP contribution in [0.5, 0.6) is 11.5 Å². The zero-order valence-corrected chi connectivity index (χ0v) is 16.7. The van der Waals surface area contributed by atoms with Gasteiger partial charge in [0, 0.05) is 12.6 Å². The molecule has 0 saturated heterocycles. The Labute approximate surface area is 157 Å². The molecule has 26 heavy (non-hydrogen) atoms. The lowest BCUT2D eigenvalue weighted by molar-refractivity contribution is 0.174. The van der Waals surface area contributed by atoms with Gasteiger partial charge >= 0.3 is 6.03 Å². The third kappa shape index (κ3) is 5.53. The summed E-state index contributed by atoms with van der Waals surface area (Å²) in [5, 5.41) is 6.05. The largest absolute Gasteiger partial charge is 0.454 e. The number of carbonyl (C=O) groups is 1. The number of nitrogens with one attached hydrogen (secondary N) is 2. The van der Waals surface area contributed by atoms with E-state index in [9.17, 15) is 4.79 Å². The second-order valence-electron chi connectivity index (χ2n) is 7.19. The molecule has 1 aliphatic rings. The normalized spacial score (nSPS) is 15.2. The number of fused-ring (bicyclic) bond motifs is 1. The standard InChI is InChI=1S/C20H33N3O3/c1-6-23(7-2)17(10-14(3)4)12-21-20(24)22-15(5)16-8-9-18-19(11-16)26-13-25-18/h8-9,11,14-15,17H,6-7,10,12-13H2,1-5H3,(H2,21,22,24). The lowest BCUT2D eigenvalue weighted by Gasteiger charge is -2.31. The summed E-state index contributed by atoms with van der Waals surface area (Å²) in [5.41, 5.74) is 0.992. The molecule has 146 valence electrons. The molecule has 0 saturated carbocycles. The van der Waals surface area contributed by atoms with E-state index in [1.54, 1.807) is 0 Å². The molecule has 1 aromatic carbocycles. The first-order chi connectivity index (χ1) is 12.4. The molecule has 1 aliphatic heterocycles. The molecule has 2 unspecified atom stereocenters. The van der Waals surface area contributed by atoms with Crippen molar-refractivity contribution in [1.82, 2.24) is 15.5 Å². The van der Waals surface area contributed by atoms with Crippen molar-refractivity contribution in [3.63, 3.8) is 0 Å². The molecule has 0 aliphatic carbocycles. The van der Waals surface area contributed by atoms with E-state index in [1.165, 1.54) is 0 Å². The average molecular weight is 364 g/mol. The minimum absolute atomic E-state index is 0.110. The summed E-state index contributed by atoms with van der Waals surface area (Å²) in [6, 6.07) is 5.86. The zero-order chi connectivity index (χ0) is 19.1. The maximum atomic E-state index is 12.4. The Hall–Kier alpha value is -1.95. The summed E-state index contributed by atoms with van der Waals surface area (Å²) < 4.78 is 10.7. The molecule has 0 aromatic heterocycles. The Bertz CT molecular complexity index is 588. The molecule has 0 radical (unpaired) electrons. The first-order valence-electron chi connectivity index (χ1n) is 9.62. The summed E-state index contributed by atoms with van der Waals surface area (Å²) in [4.78, 5) is 14.8. The van der Waals surface area contributed by atoms with Gasteiger partial charge in [0.15, 0.2) is 11.5 Å². The Kier molecular flexibility index (Phi) is 7.57. The molecule has 6 nitrogen and oxygen atoms in total. The van der Waals surface area contributed by atoms with Crippen LogP contribution in [0.25, 0.3) is 0 Å². The van der Waals surface area contributed by atoms with Crippen molar-refractivity contribution in [2.24, 2.45) is 5.92 Å². The molecule has 2 amide bonds. The van der Waals surface area contributed by atoms with Crippen LogP contribution in [0.15, 0.2) is 18.2 Å². The van der Waals surface area contributed by atoms with Crippen molar-refractivity contribution >= 4 is 6.03 Å². The fourth-order valence-corrected chi connectivity index (χ4v) is 3.37. The first-order valence-corrected chi connectivity index (χ1v) is 9.62. The van der Waals surface area contributed by atoms with Crippen LogP contribution in [-0.2, 0) is 0 Å². The number of carbonyl (C=O) groups excluding carboxylic acids is 1. The lowest BCUT2D eigenvalue weighted by atomic mass is 10.0. The van der Waals surface area contributed by atoms with Gasteiger partial charge in [0.2, 0.25) is 6.79 Å². The highest BCUT2D eigenvalue weighted by atomic mass is 16.7. The van der Waals surface area contributed by atoms with Gasteiger partial charge in [-0.1, -0.05) is 33.8 Å². The lowest BCUT2D eigenvalue weighted by Crippen LogP contribution is -2.47. The van der Waals surface area contributed by atoms with Crippen LogP contribution in [0.4, 0.5) is 4.79 Å². The summed E-state index contributed by atoms with van der Waals surface area (Å²) in [5.74, 6) is 2.08. The average Bonchev–Trinajstić information content (AvgIpc) is 3.07. The minimum atomic E-state index is -0.143. The maximum Gasteiger partial charge on any atom is 0.315 e. The fourth-order valence-electron chi connectivity index (χ4n) is 3.37. The fraction of sp³-hybridized carbons (Fsp3) is 0.650. The topological polar surface area (TPSA) is 62.8 Å². The third-order valence-electron chi connectivity index (χ3n) is 4.81. The molecule has 6 heteroatoms. The van der Waals surface area contributed by atoms with Gasteiger partial charge in [0.25, 0.3) is 0 Å². The molecular weight excluding hydrogens is 330 g/mol. The highest BCUT2D eigenvalue weighted by molar-refractivity contribution is 5.74. The van der Waals surface area contributed by atoms with Crippen LogP contribution < -0.4 is 20.1 Å². The number of hydrogen-bond donors (Lipinski definition) is 2. The van der Waals surface area contributed by atoms with Gasteiger partial charge in [0.1, 0.15) is 0 Å². The first kappa shape index (κ1) is 20.4. The van der Waals surface area contributed by atoms with E-state index in [2.05, 4.69) is 43.2 Å². The molecule has 2 rings (SSSR count). The van der Waals surface area contributed by atoms with Crippen LogP contribution in [0.2, 0.25) is 0 Å². The van der Waals surface area contributed by atoms with Gasteiger partial charge in [-0.15, -0.1) is 0 Å². The summed E-state index contributed by atoms with van der Waals surface area (Å²) in [6.07, 6.45) is 1.07. The molecule has 0 bridgehead atoms. The Balaban J connectivity index is 1.88. The maximum absolute atomic E-state index is 12.4. The number of benzene rings is 1. The quantitative estimate of drug-likeness (QED) is 0.704. The number of nitrogens with zero attached hydrogens (tertiary/aromatic N) is 1. The van der Waals surface area contributed by atoms with E-state index in [4.69, 9.17) is 9.47 Å². The number of rotatable bonds is 9. The number of likely N-dealkylation sites (N-methyl/N-ethyl adjacent to an activating group) is 1. The van der Waals surface area contributed by atoms with Crippen molar-refractivity contribution in [3.05, 3.63) is 23.8 Å². The van der Waals surface area contributed by atoms with Crippen LogP contribution in [0, 0.1) is 5.92 Å². The third-order valence-corrected chi connectivity index (χ3v) is 4.81. The highest BCUT2D eigenvalue weighted by Crippen LogP contribution is 2.34. The zero-order valence-electron chi connectivity index (χ0n) is 16.7. The number of ether oxygens (including phenoxy) is 2. The van der Waals surface area contributed by atoms with E-state index >= 15 is 0 Å². The van der Waals surface area contributed by atoms with Gasteiger partial charge in [-0.3, -0.25) is 4.90 Å². The predicted molar refractivity (Wildman–Crippen MR) is 104 cm³/mol. The molecule has 2 atom stereocenters. The van der Waals surface area contributed by atoms with E-state index < -0.39 is 0 Å². The van der Waals surface area contributed by atoms with E-state index in [1.807, 2.05) is 25.1 Å². The number of hydrogen-bond acceptors (Lipinski definition) is 4. The van der Waals surface area contributed by atoms with Gasteiger partial charge < -0.3 is 20.1 Å². The van der Waals surface area contributed by atoms with E-state index in [-0.39, 0.29) is 18.9 Å².